The second kappa shape index (κ2) is 4.78. The highest BCUT2D eigenvalue weighted by Crippen LogP contribution is 2.36. The van der Waals surface area contributed by atoms with Gasteiger partial charge in [0.15, 0.2) is 0 Å². The van der Waals surface area contributed by atoms with Crippen LogP contribution in [0.25, 0.3) is 0 Å². The fraction of sp³-hybridized carbons (Fsp3) is 0.385. The Balaban J connectivity index is 2.30. The fourth-order valence-corrected chi connectivity index (χ4v) is 2.39. The molecule has 5 heteroatoms. The Morgan fingerprint density at radius 3 is 2.83 bits per heavy atom. The van der Waals surface area contributed by atoms with Gasteiger partial charge < -0.3 is 9.84 Å². The summed E-state index contributed by atoms with van der Waals surface area (Å²) in [6.45, 7) is -0.114. The molecule has 1 aliphatic carbocycles. The number of aliphatic carboxylic acids is 1. The van der Waals surface area contributed by atoms with E-state index in [9.17, 15) is 14.7 Å². The molecule has 1 aromatic carbocycles. The molecule has 0 saturated heterocycles. The van der Waals surface area contributed by atoms with Gasteiger partial charge in [-0.15, -0.1) is 0 Å². The smallest absolute Gasteiger partial charge is 0.328 e. The maximum Gasteiger partial charge on any atom is 0.328 e. The number of methoxy groups -OCH3 is 1. The van der Waals surface area contributed by atoms with E-state index < -0.39 is 17.5 Å². The first-order chi connectivity index (χ1) is 8.60. The minimum atomic E-state index is -1.18. The average molecular weight is 249 g/mol. The van der Waals surface area contributed by atoms with Crippen molar-refractivity contribution < 1.29 is 19.4 Å². The van der Waals surface area contributed by atoms with E-state index in [0.717, 1.165) is 11.1 Å². The van der Waals surface area contributed by atoms with E-state index >= 15 is 0 Å². The molecule has 0 aliphatic heterocycles. The van der Waals surface area contributed by atoms with E-state index in [1.807, 2.05) is 18.2 Å². The standard InChI is InChI=1S/C13H15NO4/c1-18-11(15)8-14-13(12(16)17)7-6-9-4-2-3-5-10(9)13/h2-5,14H,6-8H2,1H3,(H,16,17). The second-order valence-electron chi connectivity index (χ2n) is 4.30. The fourth-order valence-electron chi connectivity index (χ4n) is 2.39. The lowest BCUT2D eigenvalue weighted by molar-refractivity contribution is -0.146. The summed E-state index contributed by atoms with van der Waals surface area (Å²) in [5, 5.41) is 12.3. The van der Waals surface area contributed by atoms with Crippen LogP contribution in [0.15, 0.2) is 24.3 Å². The van der Waals surface area contributed by atoms with Crippen molar-refractivity contribution in [3.63, 3.8) is 0 Å². The van der Waals surface area contributed by atoms with Gasteiger partial charge in [-0.3, -0.25) is 10.1 Å². The first-order valence-electron chi connectivity index (χ1n) is 5.74. The SMILES string of the molecule is COC(=O)CNC1(C(=O)O)CCc2ccccc21. The van der Waals surface area contributed by atoms with Gasteiger partial charge in [-0.25, -0.2) is 4.79 Å². The molecule has 0 saturated carbocycles. The summed E-state index contributed by atoms with van der Waals surface area (Å²) in [6, 6.07) is 7.40. The van der Waals surface area contributed by atoms with Crippen molar-refractivity contribution in [3.8, 4) is 0 Å². The van der Waals surface area contributed by atoms with Crippen LogP contribution in [0.4, 0.5) is 0 Å². The summed E-state index contributed by atoms with van der Waals surface area (Å²) < 4.78 is 4.53. The van der Waals surface area contributed by atoms with E-state index in [1.54, 1.807) is 6.07 Å². The maximum atomic E-state index is 11.6. The van der Waals surface area contributed by atoms with Crippen molar-refractivity contribution >= 4 is 11.9 Å². The van der Waals surface area contributed by atoms with Crippen molar-refractivity contribution in [1.82, 2.24) is 5.32 Å². The van der Waals surface area contributed by atoms with Crippen molar-refractivity contribution in [2.75, 3.05) is 13.7 Å². The van der Waals surface area contributed by atoms with Crippen LogP contribution in [0, 0.1) is 0 Å². The van der Waals surface area contributed by atoms with Crippen molar-refractivity contribution in [2.24, 2.45) is 0 Å². The quantitative estimate of drug-likeness (QED) is 0.767. The molecule has 96 valence electrons. The second-order valence-corrected chi connectivity index (χ2v) is 4.30. The van der Waals surface area contributed by atoms with E-state index in [4.69, 9.17) is 0 Å². The molecule has 0 radical (unpaired) electrons. The Kier molecular flexibility index (Phi) is 3.34. The minimum absolute atomic E-state index is 0.114. The molecule has 2 rings (SSSR count). The molecule has 1 aliphatic rings. The van der Waals surface area contributed by atoms with Gasteiger partial charge in [0.05, 0.1) is 13.7 Å². The molecule has 1 unspecified atom stereocenters. The van der Waals surface area contributed by atoms with Gasteiger partial charge in [0.2, 0.25) is 0 Å². The van der Waals surface area contributed by atoms with E-state index in [0.29, 0.717) is 12.8 Å². The van der Waals surface area contributed by atoms with Crippen LogP contribution in [0.2, 0.25) is 0 Å². The number of carbonyl (C=O) groups excluding carboxylic acids is 1. The molecule has 0 aromatic heterocycles. The number of esters is 1. The lowest BCUT2D eigenvalue weighted by atomic mass is 9.92. The van der Waals surface area contributed by atoms with Gasteiger partial charge in [-0.2, -0.15) is 0 Å². The minimum Gasteiger partial charge on any atom is -0.480 e. The van der Waals surface area contributed by atoms with Gasteiger partial charge in [-0.1, -0.05) is 24.3 Å². The number of carboxylic acids is 1. The molecule has 0 heterocycles. The number of benzene rings is 1. The number of nitrogens with one attached hydrogen (secondary N) is 1. The van der Waals surface area contributed by atoms with E-state index in [2.05, 4.69) is 10.1 Å². The van der Waals surface area contributed by atoms with Crippen LogP contribution < -0.4 is 5.32 Å². The largest absolute Gasteiger partial charge is 0.480 e. The summed E-state index contributed by atoms with van der Waals surface area (Å²) in [5.41, 5.74) is 0.573. The predicted molar refractivity (Wildman–Crippen MR) is 64.1 cm³/mol. The summed E-state index contributed by atoms with van der Waals surface area (Å²) in [7, 11) is 1.28. The molecule has 0 spiro atoms. The Morgan fingerprint density at radius 2 is 2.17 bits per heavy atom. The topological polar surface area (TPSA) is 75.6 Å². The Hall–Kier alpha value is -1.88. The monoisotopic (exact) mass is 249 g/mol. The maximum absolute atomic E-state index is 11.6. The van der Waals surface area contributed by atoms with Gasteiger partial charge in [0.25, 0.3) is 0 Å². The third kappa shape index (κ3) is 1.97. The normalized spacial score (nSPS) is 21.4. The lowest BCUT2D eigenvalue weighted by Gasteiger charge is -2.26. The van der Waals surface area contributed by atoms with Crippen LogP contribution in [0.3, 0.4) is 0 Å². The molecule has 2 N–H and O–H groups in total. The number of carboxylic acid groups (broad SMARTS) is 1. The third-order valence-electron chi connectivity index (χ3n) is 3.37. The number of carbonyl (C=O) groups is 2. The van der Waals surface area contributed by atoms with Crippen molar-refractivity contribution in [2.45, 2.75) is 18.4 Å². The van der Waals surface area contributed by atoms with Crippen LogP contribution in [-0.4, -0.2) is 30.7 Å². The molecular weight excluding hydrogens is 234 g/mol. The van der Waals surface area contributed by atoms with Gasteiger partial charge in [0, 0.05) is 0 Å². The number of aryl methyl sites for hydroxylation is 1. The van der Waals surface area contributed by atoms with Crippen molar-refractivity contribution in [3.05, 3.63) is 35.4 Å². The zero-order chi connectivity index (χ0) is 13.2. The molecule has 18 heavy (non-hydrogen) atoms. The highest BCUT2D eigenvalue weighted by atomic mass is 16.5. The summed E-state index contributed by atoms with van der Waals surface area (Å²) in [6.07, 6.45) is 1.13. The molecule has 1 aromatic rings. The summed E-state index contributed by atoms with van der Waals surface area (Å²) in [5.74, 6) is -1.43. The zero-order valence-corrected chi connectivity index (χ0v) is 10.1. The first-order valence-corrected chi connectivity index (χ1v) is 5.74. The van der Waals surface area contributed by atoms with Crippen LogP contribution in [-0.2, 0) is 26.3 Å². The molecular formula is C13H15NO4. The molecule has 5 nitrogen and oxygen atoms in total. The van der Waals surface area contributed by atoms with Gasteiger partial charge in [0.1, 0.15) is 5.54 Å². The third-order valence-corrected chi connectivity index (χ3v) is 3.37. The van der Waals surface area contributed by atoms with Crippen LogP contribution in [0.1, 0.15) is 17.5 Å². The van der Waals surface area contributed by atoms with Gasteiger partial charge >= 0.3 is 11.9 Å². The first kappa shape index (κ1) is 12.6. The number of ether oxygens (including phenoxy) is 1. The molecule has 0 fully saturated rings. The Labute approximate surface area is 105 Å². The molecule has 1 atom stereocenters. The highest BCUT2D eigenvalue weighted by molar-refractivity contribution is 5.83. The molecule has 0 amide bonds. The number of hydrogen-bond donors (Lipinski definition) is 2. The molecule has 0 bridgehead atoms. The van der Waals surface area contributed by atoms with Crippen LogP contribution >= 0.6 is 0 Å². The van der Waals surface area contributed by atoms with Crippen LogP contribution in [0.5, 0.6) is 0 Å². The number of hydrogen-bond acceptors (Lipinski definition) is 4. The highest BCUT2D eigenvalue weighted by Gasteiger charge is 2.45. The van der Waals surface area contributed by atoms with E-state index in [-0.39, 0.29) is 6.54 Å². The summed E-state index contributed by atoms with van der Waals surface area (Å²) in [4.78, 5) is 22.7. The zero-order valence-electron chi connectivity index (χ0n) is 10.1. The predicted octanol–water partition coefficient (Wildman–Crippen LogP) is 0.675. The number of fused-ring (bicyclic) bond motifs is 1. The number of rotatable bonds is 4. The Morgan fingerprint density at radius 1 is 1.44 bits per heavy atom. The van der Waals surface area contributed by atoms with Crippen molar-refractivity contribution in [1.29, 1.82) is 0 Å². The summed E-state index contributed by atoms with van der Waals surface area (Å²) >= 11 is 0. The average Bonchev–Trinajstić information content (AvgIpc) is 2.76. The van der Waals surface area contributed by atoms with Gasteiger partial charge in [-0.05, 0) is 24.0 Å². The van der Waals surface area contributed by atoms with E-state index in [1.165, 1.54) is 7.11 Å². The lowest BCUT2D eigenvalue weighted by Crippen LogP contribution is -2.49. The Bertz CT molecular complexity index is 486.